The van der Waals surface area contributed by atoms with Crippen LogP contribution in [-0.4, -0.2) is 16.0 Å². The standard InChI is InChI=1S/C15H17N3O/c1-10(16)6-7-15-17-8-13(18-15)12-9-19-14-5-3-2-4-11(12)14/h2-5,8-10H,6-7,16H2,1H3,(H,17,18). The SMILES string of the molecule is CC(N)CCc1ncc(-c2coc3ccccc23)[nH]1. The highest BCUT2D eigenvalue weighted by Crippen LogP contribution is 2.29. The number of furan rings is 1. The molecule has 19 heavy (non-hydrogen) atoms. The lowest BCUT2D eigenvalue weighted by Crippen LogP contribution is -2.15. The van der Waals surface area contributed by atoms with Crippen LogP contribution in [0.1, 0.15) is 19.2 Å². The van der Waals surface area contributed by atoms with Crippen molar-refractivity contribution in [3.63, 3.8) is 0 Å². The van der Waals surface area contributed by atoms with Gasteiger partial charge in [0.25, 0.3) is 0 Å². The molecule has 1 unspecified atom stereocenters. The number of aromatic amines is 1. The number of fused-ring (bicyclic) bond motifs is 1. The maximum atomic E-state index is 5.76. The van der Waals surface area contributed by atoms with Gasteiger partial charge in [0.05, 0.1) is 11.9 Å². The van der Waals surface area contributed by atoms with Gasteiger partial charge in [-0.1, -0.05) is 18.2 Å². The van der Waals surface area contributed by atoms with Crippen LogP contribution < -0.4 is 5.73 Å². The third-order valence-electron chi connectivity index (χ3n) is 3.24. The minimum Gasteiger partial charge on any atom is -0.464 e. The quantitative estimate of drug-likeness (QED) is 0.752. The van der Waals surface area contributed by atoms with Crippen molar-refractivity contribution in [2.75, 3.05) is 0 Å². The lowest BCUT2D eigenvalue weighted by atomic mass is 10.1. The van der Waals surface area contributed by atoms with E-state index in [2.05, 4.69) is 16.0 Å². The molecule has 0 amide bonds. The summed E-state index contributed by atoms with van der Waals surface area (Å²) in [5, 5.41) is 1.10. The molecule has 4 heteroatoms. The van der Waals surface area contributed by atoms with Crippen LogP contribution in [0.25, 0.3) is 22.2 Å². The molecule has 1 atom stereocenters. The summed E-state index contributed by atoms with van der Waals surface area (Å²) >= 11 is 0. The molecule has 0 aliphatic heterocycles. The summed E-state index contributed by atoms with van der Waals surface area (Å²) < 4.78 is 5.54. The van der Waals surface area contributed by atoms with E-state index in [1.165, 1.54) is 0 Å². The number of para-hydroxylation sites is 1. The predicted molar refractivity (Wildman–Crippen MR) is 75.8 cm³/mol. The highest BCUT2D eigenvalue weighted by Gasteiger charge is 2.10. The zero-order valence-corrected chi connectivity index (χ0v) is 10.9. The van der Waals surface area contributed by atoms with Crippen molar-refractivity contribution in [1.82, 2.24) is 9.97 Å². The van der Waals surface area contributed by atoms with Crippen LogP contribution in [0.2, 0.25) is 0 Å². The minimum absolute atomic E-state index is 0.198. The number of nitrogens with one attached hydrogen (secondary N) is 1. The topological polar surface area (TPSA) is 67.8 Å². The van der Waals surface area contributed by atoms with Gasteiger partial charge in [0.2, 0.25) is 0 Å². The Morgan fingerprint density at radius 2 is 2.21 bits per heavy atom. The summed E-state index contributed by atoms with van der Waals surface area (Å²) in [6.07, 6.45) is 5.42. The fraction of sp³-hybridized carbons (Fsp3) is 0.267. The number of rotatable bonds is 4. The van der Waals surface area contributed by atoms with E-state index in [4.69, 9.17) is 10.2 Å². The van der Waals surface area contributed by atoms with E-state index in [1.807, 2.05) is 31.3 Å². The second-order valence-corrected chi connectivity index (χ2v) is 4.91. The highest BCUT2D eigenvalue weighted by molar-refractivity contribution is 5.92. The number of imidazole rings is 1. The molecule has 0 saturated heterocycles. The Balaban J connectivity index is 1.90. The molecule has 0 radical (unpaired) electrons. The number of aromatic nitrogens is 2. The Kier molecular flexibility index (Phi) is 3.09. The molecule has 3 N–H and O–H groups in total. The summed E-state index contributed by atoms with van der Waals surface area (Å²) in [6, 6.07) is 8.19. The van der Waals surface area contributed by atoms with Gasteiger partial charge in [0.1, 0.15) is 17.7 Å². The molecule has 0 aliphatic carbocycles. The molecule has 0 fully saturated rings. The van der Waals surface area contributed by atoms with Crippen LogP contribution >= 0.6 is 0 Å². The van der Waals surface area contributed by atoms with Gasteiger partial charge in [0.15, 0.2) is 0 Å². The van der Waals surface area contributed by atoms with E-state index in [9.17, 15) is 0 Å². The second-order valence-electron chi connectivity index (χ2n) is 4.91. The van der Waals surface area contributed by atoms with Crippen molar-refractivity contribution in [2.45, 2.75) is 25.8 Å². The number of benzene rings is 1. The Bertz CT molecular complexity index is 681. The number of H-pyrrole nitrogens is 1. The van der Waals surface area contributed by atoms with Crippen molar-refractivity contribution in [3.8, 4) is 11.3 Å². The summed E-state index contributed by atoms with van der Waals surface area (Å²) in [5.74, 6) is 0.970. The molecule has 4 nitrogen and oxygen atoms in total. The first kappa shape index (κ1) is 12.0. The van der Waals surface area contributed by atoms with Crippen LogP contribution in [-0.2, 0) is 6.42 Å². The van der Waals surface area contributed by atoms with Gasteiger partial charge in [-0.15, -0.1) is 0 Å². The summed E-state index contributed by atoms with van der Waals surface area (Å²) in [6.45, 7) is 2.01. The van der Waals surface area contributed by atoms with Gasteiger partial charge in [-0.3, -0.25) is 0 Å². The van der Waals surface area contributed by atoms with Gasteiger partial charge in [0, 0.05) is 23.4 Å². The van der Waals surface area contributed by atoms with Crippen LogP contribution in [0, 0.1) is 0 Å². The van der Waals surface area contributed by atoms with Crippen LogP contribution in [0.3, 0.4) is 0 Å². The monoisotopic (exact) mass is 255 g/mol. The van der Waals surface area contributed by atoms with Gasteiger partial charge in [-0.05, 0) is 19.4 Å². The molecule has 3 rings (SSSR count). The third kappa shape index (κ3) is 2.39. The Hall–Kier alpha value is -2.07. The first-order valence-electron chi connectivity index (χ1n) is 6.50. The maximum absolute atomic E-state index is 5.76. The first-order valence-corrected chi connectivity index (χ1v) is 6.50. The molecule has 3 aromatic rings. The van der Waals surface area contributed by atoms with Crippen LogP contribution in [0.5, 0.6) is 0 Å². The van der Waals surface area contributed by atoms with Gasteiger partial charge >= 0.3 is 0 Å². The molecule has 0 saturated carbocycles. The molecule has 2 heterocycles. The smallest absolute Gasteiger partial charge is 0.134 e. The fourth-order valence-electron chi connectivity index (χ4n) is 2.18. The molecule has 0 bridgehead atoms. The Morgan fingerprint density at radius 3 is 3.05 bits per heavy atom. The highest BCUT2D eigenvalue weighted by atomic mass is 16.3. The van der Waals surface area contributed by atoms with E-state index in [-0.39, 0.29) is 6.04 Å². The zero-order valence-electron chi connectivity index (χ0n) is 10.9. The summed E-state index contributed by atoms with van der Waals surface area (Å²) in [7, 11) is 0. The largest absolute Gasteiger partial charge is 0.464 e. The van der Waals surface area contributed by atoms with Crippen LogP contribution in [0.4, 0.5) is 0 Å². The lowest BCUT2D eigenvalue weighted by Gasteiger charge is -2.01. The number of nitrogens with zero attached hydrogens (tertiary/aromatic N) is 1. The van der Waals surface area contributed by atoms with Crippen molar-refractivity contribution in [1.29, 1.82) is 0 Å². The van der Waals surface area contributed by atoms with Crippen molar-refractivity contribution in [2.24, 2.45) is 5.73 Å². The number of hydrogen-bond donors (Lipinski definition) is 2. The van der Waals surface area contributed by atoms with Gasteiger partial charge < -0.3 is 15.1 Å². The average Bonchev–Trinajstić information content (AvgIpc) is 3.02. The third-order valence-corrected chi connectivity index (χ3v) is 3.24. The van der Waals surface area contributed by atoms with E-state index in [0.717, 1.165) is 40.9 Å². The van der Waals surface area contributed by atoms with Gasteiger partial charge in [-0.25, -0.2) is 4.98 Å². The van der Waals surface area contributed by atoms with E-state index in [1.54, 1.807) is 6.26 Å². The predicted octanol–water partition coefficient (Wildman–Crippen LogP) is 3.10. The van der Waals surface area contributed by atoms with Gasteiger partial charge in [-0.2, -0.15) is 0 Å². The maximum Gasteiger partial charge on any atom is 0.134 e. The molecule has 98 valence electrons. The van der Waals surface area contributed by atoms with Crippen molar-refractivity contribution in [3.05, 3.63) is 42.5 Å². The number of aryl methyl sites for hydroxylation is 1. The average molecular weight is 255 g/mol. The zero-order chi connectivity index (χ0) is 13.2. The van der Waals surface area contributed by atoms with Crippen LogP contribution in [0.15, 0.2) is 41.1 Å². The van der Waals surface area contributed by atoms with E-state index in [0.29, 0.717) is 0 Å². The molecular formula is C15H17N3O. The molecule has 1 aromatic carbocycles. The van der Waals surface area contributed by atoms with Crippen molar-refractivity contribution < 1.29 is 4.42 Å². The molecule has 0 spiro atoms. The van der Waals surface area contributed by atoms with E-state index < -0.39 is 0 Å². The summed E-state index contributed by atoms with van der Waals surface area (Å²) in [4.78, 5) is 7.73. The summed E-state index contributed by atoms with van der Waals surface area (Å²) in [5.41, 5.74) is 8.69. The lowest BCUT2D eigenvalue weighted by molar-refractivity contribution is 0.616. The molecular weight excluding hydrogens is 238 g/mol. The van der Waals surface area contributed by atoms with Crippen molar-refractivity contribution >= 4 is 11.0 Å². The minimum atomic E-state index is 0.198. The molecule has 2 aromatic heterocycles. The first-order chi connectivity index (χ1) is 9.24. The fourth-order valence-corrected chi connectivity index (χ4v) is 2.18. The number of nitrogens with two attached hydrogens (primary N) is 1. The number of hydrogen-bond acceptors (Lipinski definition) is 3. The second kappa shape index (κ2) is 4.90. The van der Waals surface area contributed by atoms with E-state index >= 15 is 0 Å². The Morgan fingerprint density at radius 1 is 1.37 bits per heavy atom. The Labute approximate surface area is 111 Å². The molecule has 0 aliphatic rings. The normalized spacial score (nSPS) is 12.9.